The average Bonchev–Trinajstić information content (AvgIpc) is 2.98. The van der Waals surface area contributed by atoms with E-state index in [1.165, 1.54) is 29.7 Å². The molecule has 0 saturated heterocycles. The number of nitrogens with one attached hydrogen (secondary N) is 2. The van der Waals surface area contributed by atoms with Gasteiger partial charge in [0.2, 0.25) is 5.91 Å². The number of hydrogen-bond acceptors (Lipinski definition) is 3. The highest BCUT2D eigenvalue weighted by molar-refractivity contribution is 5.76. The van der Waals surface area contributed by atoms with Gasteiger partial charge in [-0.05, 0) is 56.7 Å². The highest BCUT2D eigenvalue weighted by atomic mass is 16.1. The van der Waals surface area contributed by atoms with Crippen LogP contribution in [0.1, 0.15) is 54.4 Å². The van der Waals surface area contributed by atoms with Gasteiger partial charge in [-0.3, -0.25) is 14.9 Å². The summed E-state index contributed by atoms with van der Waals surface area (Å²) in [6.07, 6.45) is 8.42. The van der Waals surface area contributed by atoms with Crippen LogP contribution in [0.15, 0.2) is 18.3 Å². The van der Waals surface area contributed by atoms with Gasteiger partial charge in [0, 0.05) is 42.9 Å². The Bertz CT molecular complexity index is 707. The zero-order chi connectivity index (χ0) is 16.9. The first kappa shape index (κ1) is 16.7. The second kappa shape index (κ2) is 7.60. The van der Waals surface area contributed by atoms with Crippen LogP contribution >= 0.6 is 0 Å². The zero-order valence-corrected chi connectivity index (χ0v) is 14.6. The molecule has 24 heavy (non-hydrogen) atoms. The maximum atomic E-state index is 12.2. The molecule has 3 rings (SSSR count). The molecular formula is C19H26N4O. The van der Waals surface area contributed by atoms with Crippen molar-refractivity contribution in [2.24, 2.45) is 0 Å². The Kier molecular flexibility index (Phi) is 5.28. The summed E-state index contributed by atoms with van der Waals surface area (Å²) in [5, 5.41) is 10.6. The fourth-order valence-corrected chi connectivity index (χ4v) is 3.41. The molecule has 0 aliphatic heterocycles. The Morgan fingerprint density at radius 3 is 3.00 bits per heavy atom. The minimum atomic E-state index is 0.0826. The maximum absolute atomic E-state index is 12.2. The normalized spacial score (nSPS) is 14.9. The molecule has 5 nitrogen and oxygen atoms in total. The van der Waals surface area contributed by atoms with Crippen molar-refractivity contribution in [2.75, 3.05) is 0 Å². The minimum absolute atomic E-state index is 0.0826. The van der Waals surface area contributed by atoms with E-state index < -0.39 is 0 Å². The molecule has 2 aromatic rings. The van der Waals surface area contributed by atoms with Crippen LogP contribution in [0.25, 0.3) is 0 Å². The van der Waals surface area contributed by atoms with Crippen LogP contribution in [-0.4, -0.2) is 27.1 Å². The van der Waals surface area contributed by atoms with Crippen LogP contribution in [0.3, 0.4) is 0 Å². The molecule has 5 heteroatoms. The molecule has 1 aliphatic rings. The Balaban J connectivity index is 1.49. The number of fused-ring (bicyclic) bond motifs is 1. The number of amides is 1. The third-order valence-corrected chi connectivity index (χ3v) is 4.76. The number of rotatable bonds is 6. The number of aromatic amines is 1. The Morgan fingerprint density at radius 1 is 1.33 bits per heavy atom. The maximum Gasteiger partial charge on any atom is 0.220 e. The fraction of sp³-hybridized carbons (Fsp3) is 0.526. The molecule has 1 aliphatic carbocycles. The van der Waals surface area contributed by atoms with Crippen molar-refractivity contribution in [3.05, 3.63) is 46.5 Å². The highest BCUT2D eigenvalue weighted by Crippen LogP contribution is 2.22. The fourth-order valence-electron chi connectivity index (χ4n) is 3.41. The number of carbonyl (C=O) groups is 1. The van der Waals surface area contributed by atoms with Crippen LogP contribution in [0, 0.1) is 6.92 Å². The largest absolute Gasteiger partial charge is 0.353 e. The number of aromatic nitrogens is 3. The van der Waals surface area contributed by atoms with Gasteiger partial charge >= 0.3 is 0 Å². The molecule has 2 heterocycles. The summed E-state index contributed by atoms with van der Waals surface area (Å²) in [6, 6.07) is 4.07. The van der Waals surface area contributed by atoms with Gasteiger partial charge in [-0.15, -0.1) is 0 Å². The topological polar surface area (TPSA) is 70.7 Å². The number of carbonyl (C=O) groups excluding carboxylic acids is 1. The number of H-pyrrole nitrogens is 1. The third-order valence-electron chi connectivity index (χ3n) is 4.76. The number of nitrogens with zero attached hydrogens (tertiary/aromatic N) is 2. The van der Waals surface area contributed by atoms with E-state index in [4.69, 9.17) is 0 Å². The van der Waals surface area contributed by atoms with Gasteiger partial charge in [0.05, 0.1) is 5.69 Å². The molecule has 2 N–H and O–H groups in total. The SMILES string of the molecule is Cc1cccnc1CC(C)NC(=O)CCc1n[nH]c2c1CCCC2. The lowest BCUT2D eigenvalue weighted by atomic mass is 9.94. The van der Waals surface area contributed by atoms with Crippen LogP contribution in [0.5, 0.6) is 0 Å². The third kappa shape index (κ3) is 4.02. The Morgan fingerprint density at radius 2 is 2.17 bits per heavy atom. The molecule has 1 unspecified atom stereocenters. The van der Waals surface area contributed by atoms with Gasteiger partial charge in [-0.25, -0.2) is 0 Å². The molecule has 1 amide bonds. The van der Waals surface area contributed by atoms with Crippen molar-refractivity contribution >= 4 is 5.91 Å². The summed E-state index contributed by atoms with van der Waals surface area (Å²) < 4.78 is 0. The Labute approximate surface area is 143 Å². The second-order valence-corrected chi connectivity index (χ2v) is 6.77. The predicted octanol–water partition coefficient (Wildman–Crippen LogP) is 2.67. The summed E-state index contributed by atoms with van der Waals surface area (Å²) in [5.41, 5.74) is 5.92. The second-order valence-electron chi connectivity index (χ2n) is 6.77. The lowest BCUT2D eigenvalue weighted by molar-refractivity contribution is -0.121. The summed E-state index contributed by atoms with van der Waals surface area (Å²) in [4.78, 5) is 16.6. The molecule has 2 aromatic heterocycles. The van der Waals surface area contributed by atoms with Crippen LogP contribution in [0.4, 0.5) is 0 Å². The van der Waals surface area contributed by atoms with E-state index in [0.29, 0.717) is 12.8 Å². The van der Waals surface area contributed by atoms with Crippen LogP contribution in [0.2, 0.25) is 0 Å². The predicted molar refractivity (Wildman–Crippen MR) is 93.8 cm³/mol. The molecule has 0 aromatic carbocycles. The molecule has 0 spiro atoms. The van der Waals surface area contributed by atoms with Crippen molar-refractivity contribution in [3.8, 4) is 0 Å². The van der Waals surface area contributed by atoms with E-state index in [1.54, 1.807) is 6.20 Å². The summed E-state index contributed by atoms with van der Waals surface area (Å²) >= 11 is 0. The van der Waals surface area contributed by atoms with Gasteiger partial charge < -0.3 is 5.32 Å². The molecule has 0 bridgehead atoms. The summed E-state index contributed by atoms with van der Waals surface area (Å²) in [6.45, 7) is 4.08. The van der Waals surface area contributed by atoms with Gasteiger partial charge in [0.15, 0.2) is 0 Å². The molecule has 0 fully saturated rings. The van der Waals surface area contributed by atoms with Crippen molar-refractivity contribution < 1.29 is 4.79 Å². The molecule has 1 atom stereocenters. The standard InChI is InChI=1S/C19H26N4O/c1-13-6-5-11-20-18(13)12-14(2)21-19(24)10-9-17-15-7-3-4-8-16(15)22-23-17/h5-6,11,14H,3-4,7-10,12H2,1-2H3,(H,21,24)(H,22,23). The van der Waals surface area contributed by atoms with Crippen molar-refractivity contribution in [1.29, 1.82) is 0 Å². The molecule has 128 valence electrons. The van der Waals surface area contributed by atoms with E-state index in [2.05, 4.69) is 33.5 Å². The minimum Gasteiger partial charge on any atom is -0.353 e. The lowest BCUT2D eigenvalue weighted by Gasteiger charge is -2.15. The van der Waals surface area contributed by atoms with E-state index in [0.717, 1.165) is 30.7 Å². The average molecular weight is 326 g/mol. The van der Waals surface area contributed by atoms with Gasteiger partial charge in [0.1, 0.15) is 0 Å². The van der Waals surface area contributed by atoms with Crippen molar-refractivity contribution in [1.82, 2.24) is 20.5 Å². The van der Waals surface area contributed by atoms with E-state index >= 15 is 0 Å². The van der Waals surface area contributed by atoms with Crippen LogP contribution < -0.4 is 5.32 Å². The summed E-state index contributed by atoms with van der Waals surface area (Å²) in [7, 11) is 0. The molecule has 0 radical (unpaired) electrons. The van der Waals surface area contributed by atoms with Gasteiger partial charge in [0.25, 0.3) is 0 Å². The first-order valence-corrected chi connectivity index (χ1v) is 8.88. The first-order chi connectivity index (χ1) is 11.6. The zero-order valence-electron chi connectivity index (χ0n) is 14.6. The first-order valence-electron chi connectivity index (χ1n) is 8.88. The Hall–Kier alpha value is -2.17. The van der Waals surface area contributed by atoms with Crippen molar-refractivity contribution in [2.45, 2.75) is 64.8 Å². The number of hydrogen-bond donors (Lipinski definition) is 2. The lowest BCUT2D eigenvalue weighted by Crippen LogP contribution is -2.34. The quantitative estimate of drug-likeness (QED) is 0.857. The van der Waals surface area contributed by atoms with E-state index in [9.17, 15) is 4.79 Å². The molecule has 0 saturated carbocycles. The van der Waals surface area contributed by atoms with Gasteiger partial charge in [-0.2, -0.15) is 5.10 Å². The van der Waals surface area contributed by atoms with Crippen molar-refractivity contribution in [3.63, 3.8) is 0 Å². The van der Waals surface area contributed by atoms with Gasteiger partial charge in [-0.1, -0.05) is 6.07 Å². The number of pyridine rings is 1. The van der Waals surface area contributed by atoms with Crippen LogP contribution in [-0.2, 0) is 30.5 Å². The monoisotopic (exact) mass is 326 g/mol. The highest BCUT2D eigenvalue weighted by Gasteiger charge is 2.18. The smallest absolute Gasteiger partial charge is 0.220 e. The number of aryl methyl sites for hydroxylation is 3. The van der Waals surface area contributed by atoms with E-state index in [-0.39, 0.29) is 11.9 Å². The summed E-state index contributed by atoms with van der Waals surface area (Å²) in [5.74, 6) is 0.0867. The molecular weight excluding hydrogens is 300 g/mol. The van der Waals surface area contributed by atoms with E-state index in [1.807, 2.05) is 13.0 Å².